The molecule has 0 unspecified atom stereocenters. The summed E-state index contributed by atoms with van der Waals surface area (Å²) in [6, 6.07) is 0. The molecule has 0 amide bonds. The first-order valence-electron chi connectivity index (χ1n) is 2.06. The van der Waals surface area contributed by atoms with E-state index >= 15 is 0 Å². The molecule has 1 radical (unpaired) electrons. The topological polar surface area (TPSA) is 0 Å². The van der Waals surface area contributed by atoms with E-state index < -0.39 is 0 Å². The molecule has 0 heterocycles. The normalized spacial score (nSPS) is 8.00. The number of hydrogen-bond donors (Lipinski definition) is 0. The molecule has 0 N–H and O–H groups in total. The summed E-state index contributed by atoms with van der Waals surface area (Å²) in [5, 5.41) is 0. The van der Waals surface area contributed by atoms with Gasteiger partial charge in [0.2, 0.25) is 0 Å². The fourth-order valence-electron chi connectivity index (χ4n) is 0. The van der Waals surface area contributed by atoms with E-state index in [0.29, 0.717) is 0 Å². The Bertz CT molecular complexity index is 17.9. The third-order valence-electron chi connectivity index (χ3n) is 0.577. The molecule has 1 heteroatoms. The van der Waals surface area contributed by atoms with E-state index in [4.69, 9.17) is 0 Å². The van der Waals surface area contributed by atoms with Gasteiger partial charge in [-0.1, -0.05) is 27.2 Å². The molecule has 0 aromatic carbocycles. The second kappa shape index (κ2) is 6.64. The summed E-state index contributed by atoms with van der Waals surface area (Å²) in [5.74, 6) is 0.773. The molecular weight excluding hydrogens is 99.2 g/mol. The Morgan fingerprint density at radius 2 is 1.67 bits per heavy atom. The Hall–Kier alpha value is 1.64. The predicted molar refractivity (Wildman–Crippen MR) is 32.0 cm³/mol. The summed E-state index contributed by atoms with van der Waals surface area (Å²) in [4.78, 5) is 0. The van der Waals surface area contributed by atoms with Crippen molar-refractivity contribution in [3.63, 3.8) is 0 Å². The number of hydrogen-bond acceptors (Lipinski definition) is 0. The minimum atomic E-state index is 0. The molecule has 33 valence electrons. The monoisotopic (exact) mass is 111 g/mol. The van der Waals surface area contributed by atoms with Crippen molar-refractivity contribution in [3.05, 3.63) is 6.92 Å². The maximum absolute atomic E-state index is 3.69. The molecule has 0 rings (SSSR count). The maximum atomic E-state index is 3.69. The first-order valence-corrected chi connectivity index (χ1v) is 2.06. The van der Waals surface area contributed by atoms with Crippen molar-refractivity contribution in [2.75, 3.05) is 0 Å². The van der Waals surface area contributed by atoms with Crippen LogP contribution in [-0.4, -0.2) is 51.4 Å². The van der Waals surface area contributed by atoms with Gasteiger partial charge >= 0.3 is 51.4 Å². The van der Waals surface area contributed by atoms with E-state index in [-0.39, 0.29) is 51.4 Å². The van der Waals surface area contributed by atoms with Crippen molar-refractivity contribution >= 4 is 51.4 Å². The quantitative estimate of drug-likeness (QED) is 0.446. The van der Waals surface area contributed by atoms with Crippen molar-refractivity contribution < 1.29 is 0 Å². The van der Waals surface area contributed by atoms with Gasteiger partial charge in [0.15, 0.2) is 0 Å². The van der Waals surface area contributed by atoms with Crippen LogP contribution in [0.1, 0.15) is 20.3 Å². The molecule has 0 aromatic heterocycles. The van der Waals surface area contributed by atoms with Crippen LogP contribution in [0.4, 0.5) is 0 Å². The van der Waals surface area contributed by atoms with Crippen LogP contribution >= 0.6 is 0 Å². The summed E-state index contributed by atoms with van der Waals surface area (Å²) in [5.41, 5.74) is 0. The zero-order valence-electron chi connectivity index (χ0n) is 3.99. The fraction of sp³-hybridized carbons (Fsp3) is 0.800. The molecular formula is C5H12K. The predicted octanol–water partition coefficient (Wildman–Crippen LogP) is 1.22. The Morgan fingerprint density at radius 3 is 1.67 bits per heavy atom. The molecule has 0 fully saturated rings. The van der Waals surface area contributed by atoms with E-state index in [1.165, 1.54) is 0 Å². The molecule has 0 aromatic rings. The minimum absolute atomic E-state index is 0. The molecule has 0 atom stereocenters. The van der Waals surface area contributed by atoms with Crippen molar-refractivity contribution in [1.82, 2.24) is 0 Å². The Morgan fingerprint density at radius 1 is 1.50 bits per heavy atom. The SMILES string of the molecule is [CH2]CC(C)C.[KH]. The number of rotatable bonds is 1. The van der Waals surface area contributed by atoms with E-state index in [1.54, 1.807) is 0 Å². The van der Waals surface area contributed by atoms with E-state index in [1.807, 2.05) is 0 Å². The van der Waals surface area contributed by atoms with Crippen LogP contribution in [0.15, 0.2) is 0 Å². The van der Waals surface area contributed by atoms with Gasteiger partial charge in [-0.25, -0.2) is 0 Å². The van der Waals surface area contributed by atoms with Crippen molar-refractivity contribution in [2.45, 2.75) is 20.3 Å². The summed E-state index contributed by atoms with van der Waals surface area (Å²) in [7, 11) is 0. The van der Waals surface area contributed by atoms with Crippen LogP contribution < -0.4 is 0 Å². The molecule has 0 aliphatic carbocycles. The third-order valence-corrected chi connectivity index (χ3v) is 0.577. The summed E-state index contributed by atoms with van der Waals surface area (Å²) >= 11 is 0. The van der Waals surface area contributed by atoms with Crippen LogP contribution in [0.25, 0.3) is 0 Å². The van der Waals surface area contributed by atoms with Gasteiger partial charge in [0.25, 0.3) is 0 Å². The van der Waals surface area contributed by atoms with Gasteiger partial charge in [0.05, 0.1) is 0 Å². The molecule has 0 bridgehead atoms. The Kier molecular flexibility index (Phi) is 11.7. The van der Waals surface area contributed by atoms with Gasteiger partial charge in [-0.15, -0.1) is 0 Å². The van der Waals surface area contributed by atoms with Gasteiger partial charge in [-0.2, -0.15) is 0 Å². The standard InChI is InChI=1S/C5H11.K.H/c1-4-5(2)3;;/h5H,1,4H2,2-3H3;;. The van der Waals surface area contributed by atoms with E-state index in [2.05, 4.69) is 20.8 Å². The average Bonchev–Trinajstić information content (AvgIpc) is 1.38. The van der Waals surface area contributed by atoms with Crippen LogP contribution in [0, 0.1) is 12.8 Å². The van der Waals surface area contributed by atoms with Crippen molar-refractivity contribution in [3.8, 4) is 0 Å². The van der Waals surface area contributed by atoms with E-state index in [9.17, 15) is 0 Å². The van der Waals surface area contributed by atoms with Crippen LogP contribution in [0.2, 0.25) is 0 Å². The summed E-state index contributed by atoms with van der Waals surface area (Å²) in [6.45, 7) is 8.00. The van der Waals surface area contributed by atoms with Crippen LogP contribution in [0.5, 0.6) is 0 Å². The molecule has 0 saturated heterocycles. The van der Waals surface area contributed by atoms with E-state index in [0.717, 1.165) is 12.3 Å². The Labute approximate surface area is 83.1 Å². The van der Waals surface area contributed by atoms with Gasteiger partial charge in [-0.3, -0.25) is 0 Å². The zero-order valence-corrected chi connectivity index (χ0v) is 3.99. The molecule has 0 spiro atoms. The van der Waals surface area contributed by atoms with Crippen molar-refractivity contribution in [1.29, 1.82) is 0 Å². The van der Waals surface area contributed by atoms with Gasteiger partial charge < -0.3 is 0 Å². The second-order valence-corrected chi connectivity index (χ2v) is 1.68. The van der Waals surface area contributed by atoms with Gasteiger partial charge in [-0.05, 0) is 5.92 Å². The molecule has 6 heavy (non-hydrogen) atoms. The second-order valence-electron chi connectivity index (χ2n) is 1.68. The first-order chi connectivity index (χ1) is 2.27. The van der Waals surface area contributed by atoms with Gasteiger partial charge in [0.1, 0.15) is 0 Å². The first kappa shape index (κ1) is 10.6. The average molecular weight is 111 g/mol. The molecule has 0 saturated carbocycles. The Balaban J connectivity index is 0. The summed E-state index contributed by atoms with van der Waals surface area (Å²) in [6.07, 6.45) is 1.06. The van der Waals surface area contributed by atoms with Crippen LogP contribution in [-0.2, 0) is 0 Å². The molecule has 0 aliphatic rings. The summed E-state index contributed by atoms with van der Waals surface area (Å²) < 4.78 is 0. The fourth-order valence-corrected chi connectivity index (χ4v) is 0. The van der Waals surface area contributed by atoms with Crippen molar-refractivity contribution in [2.24, 2.45) is 5.92 Å². The zero-order chi connectivity index (χ0) is 4.28. The van der Waals surface area contributed by atoms with Crippen LogP contribution in [0.3, 0.4) is 0 Å². The third kappa shape index (κ3) is 9.16. The molecule has 0 aliphatic heterocycles. The molecule has 0 nitrogen and oxygen atoms in total. The van der Waals surface area contributed by atoms with Gasteiger partial charge in [0, 0.05) is 0 Å².